The van der Waals surface area contributed by atoms with Crippen LogP contribution in [-0.2, 0) is 0 Å². The minimum atomic E-state index is 0.609. The molecule has 0 saturated heterocycles. The minimum absolute atomic E-state index is 0.609. The van der Waals surface area contributed by atoms with Crippen LogP contribution in [-0.4, -0.2) is 24.5 Å². The van der Waals surface area contributed by atoms with Gasteiger partial charge in [0.25, 0.3) is 0 Å². The number of nitrogens with zero attached hydrogens (tertiary/aromatic N) is 5. The lowest BCUT2D eigenvalue weighted by Gasteiger charge is -2.10. The van der Waals surface area contributed by atoms with E-state index in [2.05, 4.69) is 114 Å². The van der Waals surface area contributed by atoms with E-state index in [9.17, 15) is 0 Å². The molecule has 0 radical (unpaired) electrons. The molecule has 4 heterocycles. The molecule has 6 heteroatoms. The number of fused-ring (bicyclic) bond motifs is 8. The standard InChI is InChI=1S/C48H29N5O/c1-3-15-31(16-4-1)45-50-46(32-17-5-2-6-18-32)52-47(51-45)33-26-28-34(29-27-33)53-40-25-12-10-22-38(40)42-41-37-21-9-11-24-39(37)49-43(44(41)54-48(42)53)36-23-13-19-30-14-7-8-20-35(30)36/h1-29H. The zero-order valence-corrected chi connectivity index (χ0v) is 28.9. The van der Waals surface area contributed by atoms with Gasteiger partial charge in [-0.25, -0.2) is 19.9 Å². The van der Waals surface area contributed by atoms with Crippen molar-refractivity contribution >= 4 is 54.6 Å². The number of pyridine rings is 1. The van der Waals surface area contributed by atoms with Crippen molar-refractivity contribution < 1.29 is 4.42 Å². The average molecular weight is 692 g/mol. The summed E-state index contributed by atoms with van der Waals surface area (Å²) in [7, 11) is 0. The summed E-state index contributed by atoms with van der Waals surface area (Å²) in [4.78, 5) is 20.0. The zero-order valence-electron chi connectivity index (χ0n) is 28.9. The van der Waals surface area contributed by atoms with Crippen molar-refractivity contribution in [3.05, 3.63) is 176 Å². The normalized spacial score (nSPS) is 11.7. The highest BCUT2D eigenvalue weighted by atomic mass is 16.3. The van der Waals surface area contributed by atoms with Gasteiger partial charge in [-0.2, -0.15) is 0 Å². The van der Waals surface area contributed by atoms with Gasteiger partial charge in [0.2, 0.25) is 5.71 Å². The molecule has 252 valence electrons. The summed E-state index contributed by atoms with van der Waals surface area (Å²) >= 11 is 0. The molecular weight excluding hydrogens is 663 g/mol. The van der Waals surface area contributed by atoms with Crippen LogP contribution in [0, 0.1) is 0 Å². The second-order valence-corrected chi connectivity index (χ2v) is 13.4. The number of aromatic nitrogens is 5. The molecule has 54 heavy (non-hydrogen) atoms. The average Bonchev–Trinajstić information content (AvgIpc) is 3.79. The summed E-state index contributed by atoms with van der Waals surface area (Å²) in [6, 6.07) is 60.2. The van der Waals surface area contributed by atoms with Crippen molar-refractivity contribution in [2.24, 2.45) is 0 Å². The number of rotatable bonds is 5. The molecule has 6 nitrogen and oxygen atoms in total. The van der Waals surface area contributed by atoms with Crippen LogP contribution in [0.4, 0.5) is 0 Å². The molecule has 0 fully saturated rings. The van der Waals surface area contributed by atoms with E-state index in [0.29, 0.717) is 17.5 Å². The number of para-hydroxylation sites is 2. The fourth-order valence-electron chi connectivity index (χ4n) is 7.76. The molecular formula is C48H29N5O. The Bertz CT molecular complexity index is 3140. The molecule has 0 amide bonds. The molecule has 4 aromatic heterocycles. The molecule has 0 aliphatic rings. The third kappa shape index (κ3) is 4.74. The third-order valence-electron chi connectivity index (χ3n) is 10.3. The van der Waals surface area contributed by atoms with E-state index < -0.39 is 0 Å². The maximum absolute atomic E-state index is 7.08. The lowest BCUT2D eigenvalue weighted by atomic mass is 9.98. The Morgan fingerprint density at radius 2 is 0.963 bits per heavy atom. The van der Waals surface area contributed by atoms with E-state index in [-0.39, 0.29) is 0 Å². The SMILES string of the molecule is c1ccc(-c2nc(-c3ccccc3)nc(-c3ccc(-n4c5ccccc5c5c6c(oc54)c(-c4cccc5ccccc45)nc4ccccc46)cc3)n2)cc1. The van der Waals surface area contributed by atoms with Gasteiger partial charge < -0.3 is 4.42 Å². The molecule has 11 rings (SSSR count). The first-order valence-electron chi connectivity index (χ1n) is 18.0. The first-order chi connectivity index (χ1) is 26.8. The third-order valence-corrected chi connectivity index (χ3v) is 10.3. The maximum atomic E-state index is 7.08. The highest BCUT2D eigenvalue weighted by molar-refractivity contribution is 6.28. The summed E-state index contributed by atoms with van der Waals surface area (Å²) in [5, 5.41) is 6.62. The molecule has 0 aliphatic heterocycles. The van der Waals surface area contributed by atoms with Crippen molar-refractivity contribution in [2.75, 3.05) is 0 Å². The molecule has 0 unspecified atom stereocenters. The van der Waals surface area contributed by atoms with Gasteiger partial charge in [0.15, 0.2) is 23.1 Å². The minimum Gasteiger partial charge on any atom is -0.437 e. The fraction of sp³-hybridized carbons (Fsp3) is 0. The fourth-order valence-corrected chi connectivity index (χ4v) is 7.76. The van der Waals surface area contributed by atoms with Gasteiger partial charge in [-0.05, 0) is 47.2 Å². The number of furan rings is 1. The Morgan fingerprint density at radius 3 is 1.67 bits per heavy atom. The second kappa shape index (κ2) is 12.1. The largest absolute Gasteiger partial charge is 0.437 e. The Balaban J connectivity index is 1.13. The Morgan fingerprint density at radius 1 is 0.407 bits per heavy atom. The second-order valence-electron chi connectivity index (χ2n) is 13.4. The quantitative estimate of drug-likeness (QED) is 0.180. The van der Waals surface area contributed by atoms with Crippen LogP contribution in [0.2, 0.25) is 0 Å². The Labute approximate surface area is 309 Å². The van der Waals surface area contributed by atoms with Crippen LogP contribution in [0.15, 0.2) is 180 Å². The Hall–Kier alpha value is -7.44. The van der Waals surface area contributed by atoms with E-state index in [1.54, 1.807) is 0 Å². The van der Waals surface area contributed by atoms with Crippen molar-refractivity contribution in [1.29, 1.82) is 0 Å². The predicted molar refractivity (Wildman–Crippen MR) is 218 cm³/mol. The van der Waals surface area contributed by atoms with Crippen LogP contribution in [0.25, 0.3) is 106 Å². The van der Waals surface area contributed by atoms with Gasteiger partial charge in [0, 0.05) is 44.1 Å². The molecule has 0 saturated carbocycles. The van der Waals surface area contributed by atoms with Gasteiger partial charge in [0.05, 0.1) is 16.4 Å². The van der Waals surface area contributed by atoms with E-state index in [1.165, 1.54) is 0 Å². The molecule has 0 atom stereocenters. The number of benzene rings is 7. The van der Waals surface area contributed by atoms with Crippen LogP contribution in [0.1, 0.15) is 0 Å². The van der Waals surface area contributed by atoms with Crippen molar-refractivity contribution in [2.45, 2.75) is 0 Å². The van der Waals surface area contributed by atoms with E-state index >= 15 is 0 Å². The monoisotopic (exact) mass is 691 g/mol. The van der Waals surface area contributed by atoms with Gasteiger partial charge in [-0.3, -0.25) is 4.57 Å². The van der Waals surface area contributed by atoms with Crippen molar-refractivity contribution in [1.82, 2.24) is 24.5 Å². The molecule has 0 aliphatic carbocycles. The molecule has 11 aromatic rings. The lowest BCUT2D eigenvalue weighted by molar-refractivity contribution is 0.645. The zero-order chi connectivity index (χ0) is 35.6. The smallest absolute Gasteiger partial charge is 0.213 e. The molecule has 7 aromatic carbocycles. The maximum Gasteiger partial charge on any atom is 0.213 e. The summed E-state index contributed by atoms with van der Waals surface area (Å²) in [6.07, 6.45) is 0. The van der Waals surface area contributed by atoms with Crippen LogP contribution in [0.3, 0.4) is 0 Å². The lowest BCUT2D eigenvalue weighted by Crippen LogP contribution is -2.00. The van der Waals surface area contributed by atoms with Gasteiger partial charge >= 0.3 is 0 Å². The van der Waals surface area contributed by atoms with E-state index in [0.717, 1.165) is 88.3 Å². The van der Waals surface area contributed by atoms with Crippen LogP contribution < -0.4 is 0 Å². The molecule has 0 N–H and O–H groups in total. The predicted octanol–water partition coefficient (Wildman–Crippen LogP) is 12.1. The molecule has 0 spiro atoms. The van der Waals surface area contributed by atoms with E-state index in [1.807, 2.05) is 66.7 Å². The topological polar surface area (TPSA) is 69.6 Å². The van der Waals surface area contributed by atoms with Gasteiger partial charge in [0.1, 0.15) is 5.69 Å². The summed E-state index contributed by atoms with van der Waals surface area (Å²) in [6.45, 7) is 0. The highest BCUT2D eigenvalue weighted by Crippen LogP contribution is 2.45. The van der Waals surface area contributed by atoms with Gasteiger partial charge in [-0.15, -0.1) is 0 Å². The highest BCUT2D eigenvalue weighted by Gasteiger charge is 2.25. The van der Waals surface area contributed by atoms with Crippen molar-refractivity contribution in [3.8, 4) is 51.1 Å². The summed E-state index contributed by atoms with van der Waals surface area (Å²) < 4.78 is 9.29. The van der Waals surface area contributed by atoms with E-state index in [4.69, 9.17) is 24.4 Å². The summed E-state index contributed by atoms with van der Waals surface area (Å²) in [5.41, 5.74) is 9.15. The van der Waals surface area contributed by atoms with Crippen molar-refractivity contribution in [3.63, 3.8) is 0 Å². The van der Waals surface area contributed by atoms with Crippen LogP contribution in [0.5, 0.6) is 0 Å². The summed E-state index contributed by atoms with van der Waals surface area (Å²) in [5.74, 6) is 1.87. The molecule has 0 bridgehead atoms. The first-order valence-corrected chi connectivity index (χ1v) is 18.0. The first kappa shape index (κ1) is 30.2. The number of hydrogen-bond donors (Lipinski definition) is 0. The van der Waals surface area contributed by atoms with Crippen LogP contribution >= 0.6 is 0 Å². The number of hydrogen-bond acceptors (Lipinski definition) is 5. The Kier molecular flexibility index (Phi) is 6.75. The van der Waals surface area contributed by atoms with Gasteiger partial charge in [-0.1, -0.05) is 140 Å².